The molecule has 3 atom stereocenters. The minimum atomic E-state index is -0.806. The third-order valence-corrected chi connectivity index (χ3v) is 3.20. The van der Waals surface area contributed by atoms with Crippen LogP contribution in [0.3, 0.4) is 0 Å². The van der Waals surface area contributed by atoms with Gasteiger partial charge < -0.3 is 14.6 Å². The van der Waals surface area contributed by atoms with Crippen molar-refractivity contribution in [1.82, 2.24) is 19.7 Å². The van der Waals surface area contributed by atoms with Crippen molar-refractivity contribution in [2.75, 3.05) is 13.1 Å². The average molecular weight is 194 g/mol. The average Bonchev–Trinajstić information content (AvgIpc) is 2.66. The van der Waals surface area contributed by atoms with Crippen molar-refractivity contribution < 1.29 is 9.90 Å². The summed E-state index contributed by atoms with van der Waals surface area (Å²) in [5.41, 5.74) is 0. The molecule has 6 nitrogen and oxygen atoms in total. The fourth-order valence-corrected chi connectivity index (χ4v) is 2.46. The molecule has 0 radical (unpaired) electrons. The largest absolute Gasteiger partial charge is 0.465 e. The highest BCUT2D eigenvalue weighted by atomic mass is 16.4. The Labute approximate surface area is 80.2 Å². The van der Waals surface area contributed by atoms with Gasteiger partial charge in [0, 0.05) is 31.0 Å². The molecule has 74 valence electrons. The van der Waals surface area contributed by atoms with E-state index in [2.05, 4.69) is 10.2 Å². The van der Waals surface area contributed by atoms with Crippen molar-refractivity contribution in [3.63, 3.8) is 0 Å². The second-order valence-corrected chi connectivity index (χ2v) is 3.91. The van der Waals surface area contributed by atoms with E-state index in [9.17, 15) is 4.79 Å². The molecule has 1 aliphatic heterocycles. The lowest BCUT2D eigenvalue weighted by Gasteiger charge is -2.15. The van der Waals surface area contributed by atoms with E-state index in [0.29, 0.717) is 31.0 Å². The summed E-state index contributed by atoms with van der Waals surface area (Å²) in [6, 6.07) is 0.431. The zero-order valence-electron chi connectivity index (χ0n) is 7.45. The zero-order chi connectivity index (χ0) is 9.71. The molecular formula is C8H10N4O2. The molecule has 0 bridgehead atoms. The monoisotopic (exact) mass is 194 g/mol. The van der Waals surface area contributed by atoms with Crippen LogP contribution in [-0.2, 0) is 0 Å². The standard InChI is InChI=1S/C8H10N4O2/c13-8(14)11-1-5-6(2-11)7(5)12-3-9-10-4-12/h3-7H,1-2H2,(H,13,14)/t5-,6+,7?. The van der Waals surface area contributed by atoms with Gasteiger partial charge in [-0.05, 0) is 0 Å². The highest BCUT2D eigenvalue weighted by molar-refractivity contribution is 5.65. The predicted molar refractivity (Wildman–Crippen MR) is 45.6 cm³/mol. The number of piperidine rings is 1. The van der Waals surface area contributed by atoms with E-state index >= 15 is 0 Å². The Morgan fingerprint density at radius 2 is 1.86 bits per heavy atom. The van der Waals surface area contributed by atoms with E-state index in [1.54, 1.807) is 12.7 Å². The normalized spacial score (nSPS) is 34.3. The number of hydrogen-bond acceptors (Lipinski definition) is 3. The van der Waals surface area contributed by atoms with Crippen LogP contribution < -0.4 is 0 Å². The fourth-order valence-electron chi connectivity index (χ4n) is 2.46. The lowest BCUT2D eigenvalue weighted by molar-refractivity contribution is 0.148. The van der Waals surface area contributed by atoms with Crippen LogP contribution in [-0.4, -0.2) is 44.0 Å². The van der Waals surface area contributed by atoms with E-state index in [1.807, 2.05) is 4.57 Å². The lowest BCUT2D eigenvalue weighted by Crippen LogP contribution is -2.30. The van der Waals surface area contributed by atoms with Crippen LogP contribution >= 0.6 is 0 Å². The van der Waals surface area contributed by atoms with Crippen LogP contribution in [0.2, 0.25) is 0 Å². The number of aromatic nitrogens is 3. The van der Waals surface area contributed by atoms with Gasteiger partial charge in [-0.15, -0.1) is 10.2 Å². The predicted octanol–water partition coefficient (Wildman–Crippen LogP) is 0.0588. The molecule has 14 heavy (non-hydrogen) atoms. The van der Waals surface area contributed by atoms with Crippen molar-refractivity contribution in [2.45, 2.75) is 6.04 Å². The summed E-state index contributed by atoms with van der Waals surface area (Å²) in [5, 5.41) is 16.3. The number of likely N-dealkylation sites (tertiary alicyclic amines) is 1. The van der Waals surface area contributed by atoms with Crippen LogP contribution in [0.4, 0.5) is 4.79 Å². The Bertz CT molecular complexity index is 351. The van der Waals surface area contributed by atoms with E-state index in [-0.39, 0.29) is 0 Å². The van der Waals surface area contributed by atoms with Gasteiger partial charge in [0.05, 0.1) is 0 Å². The molecule has 2 heterocycles. The molecule has 3 rings (SSSR count). The molecule has 1 amide bonds. The molecule has 0 aromatic carbocycles. The summed E-state index contributed by atoms with van der Waals surface area (Å²) in [6.07, 6.45) is 2.60. The SMILES string of the molecule is O=C(O)N1C[C@@H]2C(n3cnnc3)[C@@H]2C1. The molecular weight excluding hydrogens is 184 g/mol. The van der Waals surface area contributed by atoms with Crippen molar-refractivity contribution in [1.29, 1.82) is 0 Å². The molecule has 1 aromatic rings. The van der Waals surface area contributed by atoms with Crippen molar-refractivity contribution in [3.8, 4) is 0 Å². The smallest absolute Gasteiger partial charge is 0.407 e. The molecule has 1 aliphatic carbocycles. The maximum absolute atomic E-state index is 10.7. The summed E-state index contributed by atoms with van der Waals surface area (Å²) < 4.78 is 1.98. The first-order chi connectivity index (χ1) is 6.77. The molecule has 1 N–H and O–H groups in total. The van der Waals surface area contributed by atoms with Gasteiger partial charge in [0.2, 0.25) is 0 Å². The fraction of sp³-hybridized carbons (Fsp3) is 0.625. The number of fused-ring (bicyclic) bond motifs is 1. The first-order valence-electron chi connectivity index (χ1n) is 4.59. The highest BCUT2D eigenvalue weighted by Gasteiger charge is 2.57. The maximum atomic E-state index is 10.7. The molecule has 1 aromatic heterocycles. The maximum Gasteiger partial charge on any atom is 0.407 e. The van der Waals surface area contributed by atoms with Crippen LogP contribution in [0.1, 0.15) is 6.04 Å². The topological polar surface area (TPSA) is 71.2 Å². The van der Waals surface area contributed by atoms with Gasteiger partial charge in [-0.1, -0.05) is 0 Å². The van der Waals surface area contributed by atoms with Gasteiger partial charge in [-0.2, -0.15) is 0 Å². The van der Waals surface area contributed by atoms with Gasteiger partial charge in [0.1, 0.15) is 12.7 Å². The van der Waals surface area contributed by atoms with Crippen LogP contribution in [0.15, 0.2) is 12.7 Å². The third kappa shape index (κ3) is 0.934. The molecule has 6 heteroatoms. The number of carboxylic acid groups (broad SMARTS) is 1. The Kier molecular flexibility index (Phi) is 1.37. The van der Waals surface area contributed by atoms with Crippen molar-refractivity contribution in [3.05, 3.63) is 12.7 Å². The number of carbonyl (C=O) groups is 1. The number of nitrogens with zero attached hydrogens (tertiary/aromatic N) is 4. The first kappa shape index (κ1) is 7.78. The Morgan fingerprint density at radius 1 is 1.29 bits per heavy atom. The zero-order valence-corrected chi connectivity index (χ0v) is 7.45. The molecule has 1 saturated heterocycles. The highest BCUT2D eigenvalue weighted by Crippen LogP contribution is 2.54. The molecule has 2 aliphatic rings. The van der Waals surface area contributed by atoms with E-state index in [1.165, 1.54) is 4.90 Å². The minimum Gasteiger partial charge on any atom is -0.465 e. The first-order valence-corrected chi connectivity index (χ1v) is 4.59. The van der Waals surface area contributed by atoms with Gasteiger partial charge in [0.25, 0.3) is 0 Å². The van der Waals surface area contributed by atoms with Gasteiger partial charge in [-0.25, -0.2) is 4.79 Å². The van der Waals surface area contributed by atoms with Crippen LogP contribution in [0.5, 0.6) is 0 Å². The molecule has 0 spiro atoms. The third-order valence-electron chi connectivity index (χ3n) is 3.20. The molecule has 1 saturated carbocycles. The second kappa shape index (κ2) is 2.46. The van der Waals surface area contributed by atoms with E-state index in [0.717, 1.165) is 0 Å². The minimum absolute atomic E-state index is 0.431. The van der Waals surface area contributed by atoms with Gasteiger partial charge in [0.15, 0.2) is 0 Å². The van der Waals surface area contributed by atoms with Crippen molar-refractivity contribution >= 4 is 6.09 Å². The van der Waals surface area contributed by atoms with Crippen molar-refractivity contribution in [2.24, 2.45) is 11.8 Å². The Morgan fingerprint density at radius 3 is 2.36 bits per heavy atom. The van der Waals surface area contributed by atoms with E-state index in [4.69, 9.17) is 5.11 Å². The van der Waals surface area contributed by atoms with E-state index < -0.39 is 6.09 Å². The van der Waals surface area contributed by atoms with Crippen LogP contribution in [0.25, 0.3) is 0 Å². The Hall–Kier alpha value is -1.59. The molecule has 1 unspecified atom stereocenters. The molecule has 2 fully saturated rings. The summed E-state index contributed by atoms with van der Waals surface area (Å²) in [5.74, 6) is 0.948. The lowest BCUT2D eigenvalue weighted by atomic mass is 10.4. The Balaban J connectivity index is 1.70. The number of hydrogen-bond donors (Lipinski definition) is 1. The summed E-state index contributed by atoms with van der Waals surface area (Å²) in [6.45, 7) is 1.31. The van der Waals surface area contributed by atoms with Crippen LogP contribution in [0, 0.1) is 11.8 Å². The second-order valence-electron chi connectivity index (χ2n) is 3.91. The van der Waals surface area contributed by atoms with Gasteiger partial charge in [-0.3, -0.25) is 0 Å². The quantitative estimate of drug-likeness (QED) is 0.686. The summed E-state index contributed by atoms with van der Waals surface area (Å²) in [4.78, 5) is 12.1. The number of rotatable bonds is 1. The summed E-state index contributed by atoms with van der Waals surface area (Å²) >= 11 is 0. The number of amides is 1. The van der Waals surface area contributed by atoms with Gasteiger partial charge >= 0.3 is 6.09 Å². The summed E-state index contributed by atoms with van der Waals surface area (Å²) in [7, 11) is 0.